The molecule has 0 aliphatic carbocycles. The van der Waals surface area contributed by atoms with E-state index in [1.165, 1.54) is 0 Å². The van der Waals surface area contributed by atoms with E-state index < -0.39 is 12.1 Å². The van der Waals surface area contributed by atoms with Gasteiger partial charge in [0.15, 0.2) is 0 Å². The third kappa shape index (κ3) is 9.52. The van der Waals surface area contributed by atoms with Crippen LogP contribution in [0.3, 0.4) is 0 Å². The molecule has 2 aliphatic heterocycles. The van der Waals surface area contributed by atoms with Crippen LogP contribution in [0.25, 0.3) is 0 Å². The van der Waals surface area contributed by atoms with Crippen LogP contribution in [0.15, 0.2) is 71.7 Å². The molecule has 0 N–H and O–H groups in total. The second-order valence-electron chi connectivity index (χ2n) is 14.3. The number of urea groups is 1. The van der Waals surface area contributed by atoms with E-state index in [0.29, 0.717) is 67.3 Å². The molecular formula is C41H50Cl2N4O4. The Morgan fingerprint density at radius 2 is 1.41 bits per heavy atom. The fourth-order valence-electron chi connectivity index (χ4n) is 6.79. The highest BCUT2D eigenvalue weighted by molar-refractivity contribution is 6.30. The predicted octanol–water partition coefficient (Wildman–Crippen LogP) is 9.43. The van der Waals surface area contributed by atoms with E-state index >= 15 is 0 Å². The van der Waals surface area contributed by atoms with Crippen molar-refractivity contribution in [2.24, 2.45) is 4.99 Å². The number of carbonyl (C=O) groups excluding carboxylic acids is 3. The first-order chi connectivity index (χ1) is 24.5. The van der Waals surface area contributed by atoms with Crippen LogP contribution in [-0.2, 0) is 15.0 Å². The summed E-state index contributed by atoms with van der Waals surface area (Å²) in [7, 11) is 0. The van der Waals surface area contributed by atoms with Crippen molar-refractivity contribution in [1.29, 1.82) is 0 Å². The second-order valence-corrected chi connectivity index (χ2v) is 15.2. The number of unbranched alkanes of at least 4 members (excludes halogenated alkanes) is 5. The molecule has 3 amide bonds. The monoisotopic (exact) mass is 732 g/mol. The average Bonchev–Trinajstić information content (AvgIpc) is 3.51. The third-order valence-corrected chi connectivity index (χ3v) is 10.2. The smallest absolute Gasteiger partial charge is 0.326 e. The minimum Gasteiger partial charge on any atom is -0.493 e. The first-order valence-electron chi connectivity index (χ1n) is 18.2. The zero-order valence-corrected chi connectivity index (χ0v) is 31.8. The van der Waals surface area contributed by atoms with E-state index in [0.717, 1.165) is 60.6 Å². The van der Waals surface area contributed by atoms with Gasteiger partial charge in [-0.3, -0.25) is 14.7 Å². The molecule has 3 aromatic carbocycles. The molecule has 51 heavy (non-hydrogen) atoms. The van der Waals surface area contributed by atoms with Crippen LogP contribution in [-0.4, -0.2) is 71.5 Å². The van der Waals surface area contributed by atoms with E-state index in [9.17, 15) is 14.4 Å². The van der Waals surface area contributed by atoms with Crippen LogP contribution < -0.4 is 4.74 Å². The highest BCUT2D eigenvalue weighted by atomic mass is 35.5. The highest BCUT2D eigenvalue weighted by Gasteiger charge is 2.45. The molecule has 2 atom stereocenters. The molecule has 2 unspecified atom stereocenters. The van der Waals surface area contributed by atoms with E-state index in [1.54, 1.807) is 0 Å². The SMILES string of the molecule is CCOc1cc(C(C)(C)C)ccc1C1=NC(c2ccc(Cl)cc2)C(c2ccc(Cl)cc2)N1C(=O)N1CCN(C(=O)CCCCCCCC=O)CC1. The van der Waals surface area contributed by atoms with Crippen molar-refractivity contribution >= 4 is 47.3 Å². The van der Waals surface area contributed by atoms with Crippen molar-refractivity contribution in [2.75, 3.05) is 32.8 Å². The number of piperazine rings is 1. The van der Waals surface area contributed by atoms with E-state index in [-0.39, 0.29) is 17.4 Å². The van der Waals surface area contributed by atoms with E-state index in [2.05, 4.69) is 32.9 Å². The van der Waals surface area contributed by atoms with Crippen LogP contribution in [0.1, 0.15) is 107 Å². The Bertz CT molecular complexity index is 1680. The average molecular weight is 734 g/mol. The van der Waals surface area contributed by atoms with Crippen LogP contribution in [0, 0.1) is 0 Å². The number of nitrogens with zero attached hydrogens (tertiary/aromatic N) is 4. The number of aliphatic imine (C=N–C) groups is 1. The zero-order chi connectivity index (χ0) is 36.5. The molecule has 3 aromatic rings. The van der Waals surface area contributed by atoms with Crippen molar-refractivity contribution in [3.63, 3.8) is 0 Å². The lowest BCUT2D eigenvalue weighted by molar-refractivity contribution is -0.132. The van der Waals surface area contributed by atoms with Gasteiger partial charge in [-0.15, -0.1) is 0 Å². The van der Waals surface area contributed by atoms with Gasteiger partial charge >= 0.3 is 6.03 Å². The minimum absolute atomic E-state index is 0.108. The lowest BCUT2D eigenvalue weighted by atomic mass is 9.86. The van der Waals surface area contributed by atoms with Crippen LogP contribution in [0.2, 0.25) is 10.0 Å². The van der Waals surface area contributed by atoms with Gasteiger partial charge in [-0.25, -0.2) is 4.79 Å². The molecular weight excluding hydrogens is 683 g/mol. The molecule has 8 nitrogen and oxygen atoms in total. The summed E-state index contributed by atoms with van der Waals surface area (Å²) in [5.41, 5.74) is 3.58. The molecule has 0 radical (unpaired) electrons. The molecule has 0 saturated carbocycles. The van der Waals surface area contributed by atoms with Crippen LogP contribution >= 0.6 is 23.2 Å². The van der Waals surface area contributed by atoms with Gasteiger partial charge in [-0.1, -0.05) is 93.6 Å². The Morgan fingerprint density at radius 3 is 2.02 bits per heavy atom. The van der Waals surface area contributed by atoms with Gasteiger partial charge in [0.2, 0.25) is 5.91 Å². The number of hydrogen-bond acceptors (Lipinski definition) is 5. The lowest BCUT2D eigenvalue weighted by Gasteiger charge is -2.39. The number of rotatable bonds is 13. The van der Waals surface area contributed by atoms with Gasteiger partial charge in [-0.05, 0) is 78.3 Å². The second kappa shape index (κ2) is 17.6. The van der Waals surface area contributed by atoms with Gasteiger partial charge in [0.05, 0.1) is 18.2 Å². The summed E-state index contributed by atoms with van der Waals surface area (Å²) in [5.74, 6) is 1.34. The van der Waals surface area contributed by atoms with Crippen molar-refractivity contribution in [1.82, 2.24) is 14.7 Å². The summed E-state index contributed by atoms with van der Waals surface area (Å²) in [5, 5.41) is 1.23. The largest absolute Gasteiger partial charge is 0.493 e. The van der Waals surface area contributed by atoms with E-state index in [1.807, 2.05) is 76.2 Å². The summed E-state index contributed by atoms with van der Waals surface area (Å²) >= 11 is 12.7. The van der Waals surface area contributed by atoms with Gasteiger partial charge < -0.3 is 19.3 Å². The van der Waals surface area contributed by atoms with Gasteiger partial charge in [0.1, 0.15) is 23.9 Å². The Hall–Kier alpha value is -3.88. The summed E-state index contributed by atoms with van der Waals surface area (Å²) in [6, 6.07) is 20.3. The fraction of sp³-hybridized carbons (Fsp3) is 0.463. The zero-order valence-electron chi connectivity index (χ0n) is 30.2. The number of halogens is 2. The number of ether oxygens (including phenoxy) is 1. The van der Waals surface area contributed by atoms with Crippen molar-refractivity contribution in [3.8, 4) is 5.75 Å². The number of carbonyl (C=O) groups is 3. The maximum absolute atomic E-state index is 14.9. The van der Waals surface area contributed by atoms with Crippen molar-refractivity contribution in [3.05, 3.63) is 99.0 Å². The number of amides is 3. The first kappa shape index (κ1) is 38.4. The first-order valence-corrected chi connectivity index (χ1v) is 18.9. The van der Waals surface area contributed by atoms with Crippen LogP contribution in [0.4, 0.5) is 4.79 Å². The molecule has 5 rings (SSSR count). The summed E-state index contributed by atoms with van der Waals surface area (Å²) in [6.45, 7) is 10.7. The molecule has 0 spiro atoms. The molecule has 0 aromatic heterocycles. The van der Waals surface area contributed by atoms with E-state index in [4.69, 9.17) is 32.9 Å². The molecule has 1 saturated heterocycles. The number of hydrogen-bond donors (Lipinski definition) is 0. The lowest BCUT2D eigenvalue weighted by Crippen LogP contribution is -2.55. The van der Waals surface area contributed by atoms with Crippen molar-refractivity contribution < 1.29 is 19.1 Å². The Labute approximate surface area is 312 Å². The normalized spacial score (nSPS) is 17.8. The maximum atomic E-state index is 14.9. The molecule has 1 fully saturated rings. The summed E-state index contributed by atoms with van der Waals surface area (Å²) < 4.78 is 6.25. The van der Waals surface area contributed by atoms with Gasteiger partial charge in [0, 0.05) is 49.1 Å². The third-order valence-electron chi connectivity index (χ3n) is 9.70. The molecule has 2 aliphatic rings. The summed E-state index contributed by atoms with van der Waals surface area (Å²) in [4.78, 5) is 49.4. The topological polar surface area (TPSA) is 82.5 Å². The Balaban J connectivity index is 1.45. The minimum atomic E-state index is -0.478. The molecule has 2 heterocycles. The Morgan fingerprint density at radius 1 is 0.824 bits per heavy atom. The molecule has 0 bridgehead atoms. The quantitative estimate of drug-likeness (QED) is 0.130. The Kier molecular flexibility index (Phi) is 13.2. The van der Waals surface area contributed by atoms with Crippen LogP contribution in [0.5, 0.6) is 5.75 Å². The number of aldehydes is 1. The summed E-state index contributed by atoms with van der Waals surface area (Å²) in [6.07, 6.45) is 6.81. The van der Waals surface area contributed by atoms with Crippen molar-refractivity contribution in [2.45, 2.75) is 90.1 Å². The molecule has 272 valence electrons. The van der Waals surface area contributed by atoms with Gasteiger partial charge in [0.25, 0.3) is 0 Å². The predicted molar refractivity (Wildman–Crippen MR) is 205 cm³/mol. The maximum Gasteiger partial charge on any atom is 0.326 e. The van der Waals surface area contributed by atoms with Gasteiger partial charge in [-0.2, -0.15) is 0 Å². The fourth-order valence-corrected chi connectivity index (χ4v) is 7.05. The molecule has 10 heteroatoms. The highest BCUT2D eigenvalue weighted by Crippen LogP contribution is 2.46. The number of amidine groups is 1. The number of benzene rings is 3. The standard InChI is InChI=1S/C41H50Cl2N4O4/c1-5-51-35-28-31(41(2,3)4)17-22-34(35)39-44-37(29-13-18-32(42)19-14-29)38(30-15-20-33(43)21-16-30)47(39)40(50)46-25-23-45(24-26-46)36(49)12-10-8-6-7-9-11-27-48/h13-22,27-28,37-38H,5-12,23-26H2,1-4H3.